The molecule has 8 heterocycles. The van der Waals surface area contributed by atoms with Crippen molar-refractivity contribution in [3.63, 3.8) is 0 Å². The second-order valence-corrected chi connectivity index (χ2v) is 17.1. The summed E-state index contributed by atoms with van der Waals surface area (Å²) in [4.78, 5) is 45.2. The van der Waals surface area contributed by atoms with Gasteiger partial charge in [0.15, 0.2) is 0 Å². The van der Waals surface area contributed by atoms with E-state index in [1.54, 1.807) is 25.3 Å². The number of rotatable bonds is 6. The molecule has 0 unspecified atom stereocenters. The molecule has 2 aliphatic heterocycles. The monoisotopic (exact) mass is 830 g/mol. The van der Waals surface area contributed by atoms with Crippen LogP contribution in [0.1, 0.15) is 0 Å². The molecule has 11 rings (SSSR count). The van der Waals surface area contributed by atoms with Gasteiger partial charge in [0.1, 0.15) is 0 Å². The van der Waals surface area contributed by atoms with Gasteiger partial charge >= 0.3 is 323 Å². The molecule has 0 bridgehead atoms. The Hall–Kier alpha value is -6.17. The van der Waals surface area contributed by atoms with Gasteiger partial charge in [0, 0.05) is 0 Å². The molecule has 0 saturated heterocycles. The molecule has 0 fully saturated rings. The standard InChI is InChI=1S/C38H24B2N12Se2/c1-3-7-33-31(5-1)35-37(53-33)51(29-17-45-23-46-18-29)39(49(35)27-13-41-21-42-14-27)25-9-11-26(12-10-25)40-50(28-15-43-22-44-16-28)36-32-6-2-4-8-34(32)54-38(36)52(40)30-19-47-24-48-20-30/h1-24H. The Morgan fingerprint density at radius 2 is 0.685 bits per heavy atom. The average Bonchev–Trinajstić information content (AvgIpc) is 3.98. The molecule has 3 aromatic carbocycles. The fraction of sp³-hybridized carbons (Fsp3) is 0. The summed E-state index contributed by atoms with van der Waals surface area (Å²) in [7, 11) is 0. The summed E-state index contributed by atoms with van der Waals surface area (Å²) in [6.07, 6.45) is 21.5. The number of fused-ring (bicyclic) bond motifs is 6. The van der Waals surface area contributed by atoms with Gasteiger partial charge in [0.2, 0.25) is 0 Å². The van der Waals surface area contributed by atoms with Gasteiger partial charge in [-0.1, -0.05) is 0 Å². The molecule has 0 saturated carbocycles. The van der Waals surface area contributed by atoms with Crippen LogP contribution in [0.25, 0.3) is 19.3 Å². The predicted octanol–water partition coefficient (Wildman–Crippen LogP) is 4.64. The molecule has 0 atom stereocenters. The van der Waals surface area contributed by atoms with Crippen molar-refractivity contribution in [3.8, 4) is 0 Å². The van der Waals surface area contributed by atoms with Crippen molar-refractivity contribution in [2.24, 2.45) is 0 Å². The molecule has 254 valence electrons. The zero-order valence-corrected chi connectivity index (χ0v) is 31.6. The third-order valence-electron chi connectivity index (χ3n) is 9.83. The van der Waals surface area contributed by atoms with E-state index in [4.69, 9.17) is 0 Å². The second kappa shape index (κ2) is 12.8. The Morgan fingerprint density at radius 3 is 1.04 bits per heavy atom. The van der Waals surface area contributed by atoms with Crippen LogP contribution in [0.15, 0.2) is 148 Å². The number of hydrogen-bond donors (Lipinski definition) is 0. The molecule has 0 N–H and O–H groups in total. The quantitative estimate of drug-likeness (QED) is 0.218. The number of benzene rings is 3. The number of aromatic nitrogens is 8. The molecule has 2 aliphatic rings. The second-order valence-electron chi connectivity index (χ2n) is 12.8. The molecule has 54 heavy (non-hydrogen) atoms. The SMILES string of the molecule is c1ccc2c3c([se]c2c1)N(c1cncnc1)B(c1ccc(B2N(c4cncnc4)c4[se]c5ccccc5c4N2c2cncnc2)cc1)N3c1cncnc1. The first-order valence-electron chi connectivity index (χ1n) is 17.1. The molecule has 6 aromatic heterocycles. The Kier molecular flexibility index (Phi) is 7.41. The first-order chi connectivity index (χ1) is 26.8. The van der Waals surface area contributed by atoms with Crippen LogP contribution < -0.4 is 30.2 Å². The maximum atomic E-state index is 4.46. The summed E-state index contributed by atoms with van der Waals surface area (Å²) in [5.41, 5.74) is 8.22. The third kappa shape index (κ3) is 4.85. The molecular weight excluding hydrogens is 804 g/mol. The molecule has 0 spiro atoms. The zero-order chi connectivity index (χ0) is 35.6. The van der Waals surface area contributed by atoms with Crippen LogP contribution in [0.4, 0.5) is 43.2 Å². The zero-order valence-electron chi connectivity index (χ0n) is 28.2. The van der Waals surface area contributed by atoms with Gasteiger partial charge in [-0.25, -0.2) is 0 Å². The Labute approximate surface area is 321 Å². The first-order valence-corrected chi connectivity index (χ1v) is 20.6. The Bertz CT molecular complexity index is 2590. The molecule has 0 amide bonds. The van der Waals surface area contributed by atoms with E-state index in [9.17, 15) is 0 Å². The summed E-state index contributed by atoms with van der Waals surface area (Å²) < 4.78 is 5.18. The van der Waals surface area contributed by atoms with Crippen molar-refractivity contribution in [2.75, 3.05) is 19.2 Å². The van der Waals surface area contributed by atoms with E-state index in [1.807, 2.05) is 49.6 Å². The molecular formula is C38H24B2N12Se2. The molecule has 16 heteroatoms. The van der Waals surface area contributed by atoms with Crippen molar-refractivity contribution in [2.45, 2.75) is 0 Å². The van der Waals surface area contributed by atoms with Gasteiger partial charge in [-0.3, -0.25) is 0 Å². The van der Waals surface area contributed by atoms with Gasteiger partial charge in [0.05, 0.1) is 0 Å². The number of anilines is 8. The van der Waals surface area contributed by atoms with E-state index in [-0.39, 0.29) is 43.0 Å². The van der Waals surface area contributed by atoms with E-state index in [0.29, 0.717) is 0 Å². The number of nitrogens with zero attached hydrogens (tertiary/aromatic N) is 12. The van der Waals surface area contributed by atoms with E-state index >= 15 is 0 Å². The van der Waals surface area contributed by atoms with E-state index in [0.717, 1.165) is 33.7 Å². The van der Waals surface area contributed by atoms with Gasteiger partial charge in [-0.2, -0.15) is 0 Å². The fourth-order valence-electron chi connectivity index (χ4n) is 7.68. The van der Waals surface area contributed by atoms with Crippen LogP contribution in [0.5, 0.6) is 0 Å². The molecule has 0 aliphatic carbocycles. The van der Waals surface area contributed by atoms with E-state index in [1.165, 1.54) is 39.8 Å². The van der Waals surface area contributed by atoms with Gasteiger partial charge in [-0.15, -0.1) is 0 Å². The van der Waals surface area contributed by atoms with Crippen LogP contribution >= 0.6 is 0 Å². The van der Waals surface area contributed by atoms with Crippen LogP contribution in [-0.2, 0) is 0 Å². The Balaban J connectivity index is 1.09. The predicted molar refractivity (Wildman–Crippen MR) is 216 cm³/mol. The summed E-state index contributed by atoms with van der Waals surface area (Å²) in [5.74, 6) is 0. The van der Waals surface area contributed by atoms with Crippen molar-refractivity contribution < 1.29 is 0 Å². The molecule has 0 radical (unpaired) electrons. The summed E-state index contributed by atoms with van der Waals surface area (Å²) >= 11 is 0.101. The topological polar surface area (TPSA) is 116 Å². The molecule has 9 aromatic rings. The van der Waals surface area contributed by atoms with Crippen LogP contribution in [0.2, 0.25) is 0 Å². The van der Waals surface area contributed by atoms with Gasteiger partial charge in [-0.05, 0) is 0 Å². The van der Waals surface area contributed by atoms with Crippen LogP contribution in [-0.4, -0.2) is 82.8 Å². The number of hydrogen-bond acceptors (Lipinski definition) is 12. The van der Waals surface area contributed by atoms with E-state index < -0.39 is 0 Å². The van der Waals surface area contributed by atoms with Crippen LogP contribution in [0.3, 0.4) is 0 Å². The first kappa shape index (κ1) is 31.4. The van der Waals surface area contributed by atoms with Crippen molar-refractivity contribution in [3.05, 3.63) is 148 Å². The fourth-order valence-corrected chi connectivity index (χ4v) is 12.9. The summed E-state index contributed by atoms with van der Waals surface area (Å²) in [5, 5.41) is 2.46. The molecule has 12 nitrogen and oxygen atoms in total. The van der Waals surface area contributed by atoms with Crippen molar-refractivity contribution in [1.82, 2.24) is 39.9 Å². The Morgan fingerprint density at radius 1 is 0.370 bits per heavy atom. The average molecular weight is 828 g/mol. The summed E-state index contributed by atoms with van der Waals surface area (Å²) in [6.45, 7) is -0.481. The normalized spacial score (nSPS) is 13.7. The van der Waals surface area contributed by atoms with E-state index in [2.05, 4.69) is 132 Å². The van der Waals surface area contributed by atoms with Crippen LogP contribution in [0, 0.1) is 0 Å². The van der Waals surface area contributed by atoms with Crippen molar-refractivity contribution in [1.29, 1.82) is 0 Å². The maximum absolute atomic E-state index is 4.46. The van der Waals surface area contributed by atoms with Gasteiger partial charge < -0.3 is 0 Å². The minimum absolute atomic E-state index is 0.0506. The third-order valence-corrected chi connectivity index (χ3v) is 14.7. The van der Waals surface area contributed by atoms with Gasteiger partial charge in [0.25, 0.3) is 0 Å². The minimum atomic E-state index is -0.240. The van der Waals surface area contributed by atoms with Crippen molar-refractivity contribution >= 4 is 116 Å². The summed E-state index contributed by atoms with van der Waals surface area (Å²) in [6, 6.07) is 26.4.